The summed E-state index contributed by atoms with van der Waals surface area (Å²) in [5.74, 6) is 1.59. The Kier molecular flexibility index (Phi) is 6.66. The Morgan fingerprint density at radius 1 is 1.32 bits per heavy atom. The van der Waals surface area contributed by atoms with Crippen molar-refractivity contribution in [3.05, 3.63) is 47.5 Å². The maximum atomic E-state index is 12.2. The van der Waals surface area contributed by atoms with Crippen molar-refractivity contribution in [2.45, 2.75) is 39.0 Å². The van der Waals surface area contributed by atoms with E-state index in [0.29, 0.717) is 13.0 Å². The monoisotopic (exact) mass is 345 g/mol. The molecular formula is C18H27N5O2. The number of rotatable bonds is 8. The largest absolute Gasteiger partial charge is 0.388 e. The lowest BCUT2D eigenvalue weighted by molar-refractivity contribution is -0.122. The average molecular weight is 345 g/mol. The number of aromatic nitrogens is 3. The van der Waals surface area contributed by atoms with Gasteiger partial charge >= 0.3 is 0 Å². The van der Waals surface area contributed by atoms with Crippen LogP contribution >= 0.6 is 0 Å². The lowest BCUT2D eigenvalue weighted by Gasteiger charge is -2.20. The van der Waals surface area contributed by atoms with Gasteiger partial charge in [-0.3, -0.25) is 9.69 Å². The van der Waals surface area contributed by atoms with Crippen LogP contribution in [0.25, 0.3) is 0 Å². The molecule has 1 aromatic carbocycles. The van der Waals surface area contributed by atoms with Gasteiger partial charge in [-0.25, -0.2) is 0 Å². The number of nitrogens with one attached hydrogen (secondary N) is 1. The van der Waals surface area contributed by atoms with Crippen molar-refractivity contribution in [1.29, 1.82) is 0 Å². The van der Waals surface area contributed by atoms with Gasteiger partial charge in [0.2, 0.25) is 5.91 Å². The number of hydrogen-bond donors (Lipinski definition) is 2. The summed E-state index contributed by atoms with van der Waals surface area (Å²) in [6.45, 7) is 4.60. The second kappa shape index (κ2) is 8.73. The fourth-order valence-corrected chi connectivity index (χ4v) is 2.66. The molecule has 0 aliphatic carbocycles. The lowest BCUT2D eigenvalue weighted by Crippen LogP contribution is -2.40. The molecule has 25 heavy (non-hydrogen) atoms. The van der Waals surface area contributed by atoms with Crippen LogP contribution in [0.3, 0.4) is 0 Å². The Morgan fingerprint density at radius 3 is 2.60 bits per heavy atom. The molecule has 0 spiro atoms. The summed E-state index contributed by atoms with van der Waals surface area (Å²) in [6, 6.07) is 9.35. The second-order valence-corrected chi connectivity index (χ2v) is 6.53. The van der Waals surface area contributed by atoms with Crippen molar-refractivity contribution in [2.75, 3.05) is 13.6 Å². The second-order valence-electron chi connectivity index (χ2n) is 6.53. The van der Waals surface area contributed by atoms with Gasteiger partial charge < -0.3 is 15.0 Å². The van der Waals surface area contributed by atoms with Gasteiger partial charge in [-0.15, -0.1) is 10.2 Å². The molecule has 0 bridgehead atoms. The van der Waals surface area contributed by atoms with E-state index in [1.807, 2.05) is 67.7 Å². The number of carbonyl (C=O) groups is 1. The molecule has 0 aliphatic rings. The first-order chi connectivity index (χ1) is 11.9. The number of benzene rings is 1. The molecule has 136 valence electrons. The van der Waals surface area contributed by atoms with Gasteiger partial charge in [-0.05, 0) is 32.9 Å². The first-order valence-electron chi connectivity index (χ1n) is 8.42. The molecule has 0 fully saturated rings. The molecule has 2 atom stereocenters. The Balaban J connectivity index is 1.78. The van der Waals surface area contributed by atoms with Gasteiger partial charge in [0.05, 0.1) is 19.2 Å². The third-order valence-corrected chi connectivity index (χ3v) is 4.18. The van der Waals surface area contributed by atoms with Crippen molar-refractivity contribution in [2.24, 2.45) is 7.05 Å². The summed E-state index contributed by atoms with van der Waals surface area (Å²) in [5, 5.41) is 21.3. The zero-order valence-electron chi connectivity index (χ0n) is 15.3. The predicted octanol–water partition coefficient (Wildman–Crippen LogP) is 1.18. The van der Waals surface area contributed by atoms with Gasteiger partial charge in [0, 0.05) is 13.1 Å². The average Bonchev–Trinajstić information content (AvgIpc) is 2.87. The maximum absolute atomic E-state index is 12.2. The van der Waals surface area contributed by atoms with E-state index < -0.39 is 6.10 Å². The maximum Gasteiger partial charge on any atom is 0.234 e. The minimum Gasteiger partial charge on any atom is -0.388 e. The first kappa shape index (κ1) is 19.1. The predicted molar refractivity (Wildman–Crippen MR) is 95.7 cm³/mol. The SMILES string of the molecule is Cc1nnc(CN(C)CC(=O)NC(C)CC(O)c2ccccc2)n1C. The number of nitrogens with zero attached hydrogens (tertiary/aromatic N) is 4. The highest BCUT2D eigenvalue weighted by molar-refractivity contribution is 5.78. The summed E-state index contributed by atoms with van der Waals surface area (Å²) in [6.07, 6.45) is -0.113. The number of likely N-dealkylation sites (N-methyl/N-ethyl adjacent to an activating group) is 1. The van der Waals surface area contributed by atoms with Crippen LogP contribution in [0, 0.1) is 6.92 Å². The highest BCUT2D eigenvalue weighted by Crippen LogP contribution is 2.17. The molecule has 0 aliphatic heterocycles. The summed E-state index contributed by atoms with van der Waals surface area (Å²) < 4.78 is 1.91. The number of aliphatic hydroxyl groups excluding tert-OH is 1. The zero-order valence-corrected chi connectivity index (χ0v) is 15.3. The van der Waals surface area contributed by atoms with E-state index in [0.717, 1.165) is 17.2 Å². The molecule has 2 rings (SSSR count). The highest BCUT2D eigenvalue weighted by Gasteiger charge is 2.16. The van der Waals surface area contributed by atoms with Crippen molar-refractivity contribution < 1.29 is 9.90 Å². The molecule has 0 saturated heterocycles. The van der Waals surface area contributed by atoms with Gasteiger partial charge in [-0.1, -0.05) is 30.3 Å². The third-order valence-electron chi connectivity index (χ3n) is 4.18. The van der Waals surface area contributed by atoms with E-state index in [4.69, 9.17) is 0 Å². The van der Waals surface area contributed by atoms with Crippen LogP contribution < -0.4 is 5.32 Å². The molecular weight excluding hydrogens is 318 g/mol. The molecule has 1 aromatic heterocycles. The van der Waals surface area contributed by atoms with Crippen LogP contribution in [0.2, 0.25) is 0 Å². The molecule has 2 N–H and O–H groups in total. The number of carbonyl (C=O) groups excluding carboxylic acids is 1. The molecule has 0 saturated carbocycles. The van der Waals surface area contributed by atoms with E-state index in [1.54, 1.807) is 0 Å². The van der Waals surface area contributed by atoms with E-state index in [-0.39, 0.29) is 18.5 Å². The van der Waals surface area contributed by atoms with Gasteiger partial charge in [0.15, 0.2) is 0 Å². The Morgan fingerprint density at radius 2 is 2.00 bits per heavy atom. The molecule has 1 amide bonds. The molecule has 2 aromatic rings. The quantitative estimate of drug-likeness (QED) is 0.751. The summed E-state index contributed by atoms with van der Waals surface area (Å²) in [7, 11) is 3.78. The van der Waals surface area contributed by atoms with Crippen molar-refractivity contribution in [3.63, 3.8) is 0 Å². The fraction of sp³-hybridized carbons (Fsp3) is 0.500. The van der Waals surface area contributed by atoms with Crippen LogP contribution in [-0.4, -0.2) is 50.3 Å². The van der Waals surface area contributed by atoms with Crippen molar-refractivity contribution in [3.8, 4) is 0 Å². The molecule has 2 unspecified atom stereocenters. The summed E-state index contributed by atoms with van der Waals surface area (Å²) >= 11 is 0. The smallest absolute Gasteiger partial charge is 0.234 e. The number of hydrogen-bond acceptors (Lipinski definition) is 5. The van der Waals surface area contributed by atoms with E-state index in [2.05, 4.69) is 15.5 Å². The molecule has 1 heterocycles. The summed E-state index contributed by atoms with van der Waals surface area (Å²) in [4.78, 5) is 14.1. The lowest BCUT2D eigenvalue weighted by atomic mass is 10.0. The molecule has 7 nitrogen and oxygen atoms in total. The fourth-order valence-electron chi connectivity index (χ4n) is 2.66. The van der Waals surface area contributed by atoms with E-state index in [1.165, 1.54) is 0 Å². The molecule has 7 heteroatoms. The Labute approximate surface area is 148 Å². The first-order valence-corrected chi connectivity index (χ1v) is 8.42. The van der Waals surface area contributed by atoms with Gasteiger partial charge in [0.25, 0.3) is 0 Å². The van der Waals surface area contributed by atoms with Crippen LogP contribution in [0.15, 0.2) is 30.3 Å². The van der Waals surface area contributed by atoms with E-state index >= 15 is 0 Å². The van der Waals surface area contributed by atoms with Crippen LogP contribution in [0.1, 0.15) is 36.7 Å². The van der Waals surface area contributed by atoms with Crippen LogP contribution in [0.4, 0.5) is 0 Å². The van der Waals surface area contributed by atoms with Crippen molar-refractivity contribution >= 4 is 5.91 Å². The van der Waals surface area contributed by atoms with Crippen LogP contribution in [0.5, 0.6) is 0 Å². The van der Waals surface area contributed by atoms with Crippen molar-refractivity contribution in [1.82, 2.24) is 25.0 Å². The number of aryl methyl sites for hydroxylation is 1. The minimum absolute atomic E-state index is 0.0749. The topological polar surface area (TPSA) is 83.3 Å². The minimum atomic E-state index is -0.587. The highest BCUT2D eigenvalue weighted by atomic mass is 16.3. The van der Waals surface area contributed by atoms with Crippen LogP contribution in [-0.2, 0) is 18.4 Å². The normalized spacial score (nSPS) is 13.7. The number of amides is 1. The molecule has 0 radical (unpaired) electrons. The van der Waals surface area contributed by atoms with Gasteiger partial charge in [0.1, 0.15) is 11.6 Å². The standard InChI is InChI=1S/C18H27N5O2/c1-13(10-16(24)15-8-6-5-7-9-15)19-18(25)12-22(3)11-17-21-20-14(2)23(17)4/h5-9,13,16,24H,10-12H2,1-4H3,(H,19,25). The Bertz CT molecular complexity index is 686. The number of aliphatic hydroxyl groups is 1. The third kappa shape index (κ3) is 5.65. The zero-order chi connectivity index (χ0) is 18.4. The van der Waals surface area contributed by atoms with E-state index in [9.17, 15) is 9.90 Å². The van der Waals surface area contributed by atoms with Gasteiger partial charge in [-0.2, -0.15) is 0 Å². The Hall–Kier alpha value is -2.25. The summed E-state index contributed by atoms with van der Waals surface area (Å²) in [5.41, 5.74) is 0.860.